The second kappa shape index (κ2) is 5.79. The molecule has 0 unspecified atom stereocenters. The second-order valence-corrected chi connectivity index (χ2v) is 5.11. The fraction of sp³-hybridized carbons (Fsp3) is 0.176. The Balaban J connectivity index is 1.72. The van der Waals surface area contributed by atoms with Gasteiger partial charge in [0.25, 0.3) is 5.56 Å². The first-order valence-corrected chi connectivity index (χ1v) is 7.02. The zero-order valence-electron chi connectivity index (χ0n) is 11.7. The van der Waals surface area contributed by atoms with Gasteiger partial charge in [-0.15, -0.1) is 0 Å². The number of hydrogen-bond acceptors (Lipinski definition) is 3. The monoisotopic (exact) mass is 279 g/mol. The molecule has 0 spiro atoms. The Labute approximate surface area is 122 Å². The lowest BCUT2D eigenvalue weighted by molar-refractivity contribution is 0.617. The van der Waals surface area contributed by atoms with E-state index in [1.54, 1.807) is 10.9 Å². The molecule has 0 aliphatic heterocycles. The van der Waals surface area contributed by atoms with E-state index < -0.39 is 0 Å². The van der Waals surface area contributed by atoms with Crippen LogP contribution in [0.2, 0.25) is 0 Å². The Bertz CT molecular complexity index is 806. The van der Waals surface area contributed by atoms with Crippen LogP contribution in [-0.2, 0) is 13.0 Å². The smallest absolute Gasteiger partial charge is 0.261 e. The molecule has 0 bridgehead atoms. The van der Waals surface area contributed by atoms with Crippen molar-refractivity contribution in [3.8, 4) is 0 Å². The van der Waals surface area contributed by atoms with Crippen LogP contribution >= 0.6 is 0 Å². The van der Waals surface area contributed by atoms with Crippen LogP contribution in [0.25, 0.3) is 10.9 Å². The molecule has 1 heterocycles. The fourth-order valence-electron chi connectivity index (χ4n) is 2.40. The van der Waals surface area contributed by atoms with E-state index in [0.717, 1.165) is 24.0 Å². The molecule has 0 amide bonds. The average molecular weight is 279 g/mol. The van der Waals surface area contributed by atoms with Gasteiger partial charge in [0.1, 0.15) is 0 Å². The number of para-hydroxylation sites is 1. The molecule has 106 valence electrons. The van der Waals surface area contributed by atoms with E-state index in [0.29, 0.717) is 11.9 Å². The number of anilines is 1. The van der Waals surface area contributed by atoms with Gasteiger partial charge in [-0.25, -0.2) is 4.98 Å². The average Bonchev–Trinajstić information content (AvgIpc) is 2.52. The first kappa shape index (κ1) is 13.4. The summed E-state index contributed by atoms with van der Waals surface area (Å²) < 4.78 is 1.68. The second-order valence-electron chi connectivity index (χ2n) is 5.11. The number of rotatable bonds is 4. The normalized spacial score (nSPS) is 10.9. The molecule has 0 aliphatic rings. The van der Waals surface area contributed by atoms with Gasteiger partial charge < -0.3 is 5.73 Å². The summed E-state index contributed by atoms with van der Waals surface area (Å²) in [6.07, 6.45) is 3.44. The summed E-state index contributed by atoms with van der Waals surface area (Å²) in [6, 6.07) is 15.3. The molecule has 0 fully saturated rings. The van der Waals surface area contributed by atoms with Gasteiger partial charge >= 0.3 is 0 Å². The van der Waals surface area contributed by atoms with Gasteiger partial charge in [-0.05, 0) is 42.7 Å². The highest BCUT2D eigenvalue weighted by Crippen LogP contribution is 2.09. The summed E-state index contributed by atoms with van der Waals surface area (Å²) in [5.41, 5.74) is 8.44. The molecular formula is C17H17N3O. The van der Waals surface area contributed by atoms with Crippen molar-refractivity contribution >= 4 is 16.6 Å². The molecule has 1 aromatic heterocycles. The Morgan fingerprint density at radius 2 is 1.81 bits per heavy atom. The van der Waals surface area contributed by atoms with Crippen molar-refractivity contribution in [1.82, 2.24) is 9.55 Å². The van der Waals surface area contributed by atoms with Gasteiger partial charge in [0.2, 0.25) is 0 Å². The number of hydrogen-bond donors (Lipinski definition) is 1. The van der Waals surface area contributed by atoms with Gasteiger partial charge in [0, 0.05) is 12.2 Å². The molecule has 4 nitrogen and oxygen atoms in total. The van der Waals surface area contributed by atoms with Crippen molar-refractivity contribution in [3.63, 3.8) is 0 Å². The molecule has 2 N–H and O–H groups in total. The van der Waals surface area contributed by atoms with Crippen molar-refractivity contribution in [2.24, 2.45) is 0 Å². The van der Waals surface area contributed by atoms with Crippen LogP contribution in [0, 0.1) is 0 Å². The first-order chi connectivity index (χ1) is 10.2. The Hall–Kier alpha value is -2.62. The van der Waals surface area contributed by atoms with E-state index in [2.05, 4.69) is 4.98 Å². The zero-order valence-corrected chi connectivity index (χ0v) is 11.7. The molecule has 0 aliphatic carbocycles. The van der Waals surface area contributed by atoms with Crippen molar-refractivity contribution in [2.75, 3.05) is 5.73 Å². The first-order valence-electron chi connectivity index (χ1n) is 7.02. The number of aromatic nitrogens is 2. The number of benzene rings is 2. The fourth-order valence-corrected chi connectivity index (χ4v) is 2.40. The predicted molar refractivity (Wildman–Crippen MR) is 85.2 cm³/mol. The topological polar surface area (TPSA) is 60.9 Å². The van der Waals surface area contributed by atoms with Gasteiger partial charge in [0.15, 0.2) is 0 Å². The van der Waals surface area contributed by atoms with E-state index in [1.165, 1.54) is 5.56 Å². The molecular weight excluding hydrogens is 262 g/mol. The molecule has 0 atom stereocenters. The lowest BCUT2D eigenvalue weighted by Gasteiger charge is -2.07. The standard InChI is InChI=1S/C17H17N3O/c18-14-9-7-13(8-10-14)4-3-11-20-12-19-16-6-2-1-5-15(16)17(20)21/h1-2,5-10,12H,3-4,11,18H2. The largest absolute Gasteiger partial charge is 0.399 e. The van der Waals surface area contributed by atoms with Crippen LogP contribution < -0.4 is 11.3 Å². The third kappa shape index (κ3) is 2.94. The van der Waals surface area contributed by atoms with Crippen molar-refractivity contribution in [1.29, 1.82) is 0 Å². The van der Waals surface area contributed by atoms with Gasteiger partial charge in [-0.3, -0.25) is 9.36 Å². The van der Waals surface area contributed by atoms with Crippen LogP contribution in [0.5, 0.6) is 0 Å². The van der Waals surface area contributed by atoms with E-state index in [4.69, 9.17) is 5.73 Å². The maximum absolute atomic E-state index is 12.3. The summed E-state index contributed by atoms with van der Waals surface area (Å²) >= 11 is 0. The van der Waals surface area contributed by atoms with Crippen molar-refractivity contribution in [3.05, 3.63) is 70.8 Å². The van der Waals surface area contributed by atoms with Crippen molar-refractivity contribution in [2.45, 2.75) is 19.4 Å². The number of aryl methyl sites for hydroxylation is 2. The predicted octanol–water partition coefficient (Wildman–Crippen LogP) is 2.61. The number of nitrogen functional groups attached to an aromatic ring is 1. The molecule has 0 radical (unpaired) electrons. The minimum Gasteiger partial charge on any atom is -0.399 e. The Morgan fingerprint density at radius 3 is 2.62 bits per heavy atom. The third-order valence-electron chi connectivity index (χ3n) is 3.58. The maximum Gasteiger partial charge on any atom is 0.261 e. The number of nitrogens with zero attached hydrogens (tertiary/aromatic N) is 2. The van der Waals surface area contributed by atoms with E-state index in [1.807, 2.05) is 48.5 Å². The minimum absolute atomic E-state index is 0.0258. The summed E-state index contributed by atoms with van der Waals surface area (Å²) in [5.74, 6) is 0. The molecule has 0 saturated carbocycles. The highest BCUT2D eigenvalue weighted by Gasteiger charge is 2.03. The van der Waals surface area contributed by atoms with E-state index >= 15 is 0 Å². The Kier molecular flexibility index (Phi) is 3.69. The molecule has 3 rings (SSSR count). The van der Waals surface area contributed by atoms with Crippen LogP contribution in [0.4, 0.5) is 5.69 Å². The zero-order chi connectivity index (χ0) is 14.7. The summed E-state index contributed by atoms with van der Waals surface area (Å²) in [6.45, 7) is 0.668. The van der Waals surface area contributed by atoms with Gasteiger partial charge in [-0.2, -0.15) is 0 Å². The van der Waals surface area contributed by atoms with Gasteiger partial charge in [-0.1, -0.05) is 24.3 Å². The molecule has 0 saturated heterocycles. The molecule has 3 aromatic rings. The summed E-state index contributed by atoms with van der Waals surface area (Å²) in [7, 11) is 0. The van der Waals surface area contributed by atoms with Crippen LogP contribution in [0.3, 0.4) is 0 Å². The van der Waals surface area contributed by atoms with Crippen LogP contribution in [0.15, 0.2) is 59.7 Å². The number of nitrogens with two attached hydrogens (primary N) is 1. The quantitative estimate of drug-likeness (QED) is 0.747. The number of fused-ring (bicyclic) bond motifs is 1. The van der Waals surface area contributed by atoms with Gasteiger partial charge in [0.05, 0.1) is 17.2 Å². The Morgan fingerprint density at radius 1 is 1.05 bits per heavy atom. The maximum atomic E-state index is 12.3. The highest BCUT2D eigenvalue weighted by molar-refractivity contribution is 5.76. The lowest BCUT2D eigenvalue weighted by Crippen LogP contribution is -2.20. The minimum atomic E-state index is 0.0258. The highest BCUT2D eigenvalue weighted by atomic mass is 16.1. The molecule has 21 heavy (non-hydrogen) atoms. The van der Waals surface area contributed by atoms with E-state index in [-0.39, 0.29) is 5.56 Å². The molecule has 2 aromatic carbocycles. The molecule has 4 heteroatoms. The summed E-state index contributed by atoms with van der Waals surface area (Å²) in [4.78, 5) is 16.6. The SMILES string of the molecule is Nc1ccc(CCCn2cnc3ccccc3c2=O)cc1. The lowest BCUT2D eigenvalue weighted by atomic mass is 10.1. The van der Waals surface area contributed by atoms with E-state index in [9.17, 15) is 4.79 Å². The van der Waals surface area contributed by atoms with Crippen LogP contribution in [0.1, 0.15) is 12.0 Å². The van der Waals surface area contributed by atoms with Crippen LogP contribution in [-0.4, -0.2) is 9.55 Å². The van der Waals surface area contributed by atoms with Crippen molar-refractivity contribution < 1.29 is 0 Å². The third-order valence-corrected chi connectivity index (χ3v) is 3.58. The summed E-state index contributed by atoms with van der Waals surface area (Å²) in [5, 5.41) is 0.674.